The maximum atomic E-state index is 11.3. The lowest BCUT2D eigenvalue weighted by atomic mass is 9.87. The van der Waals surface area contributed by atoms with Crippen LogP contribution < -0.4 is 4.18 Å². The van der Waals surface area contributed by atoms with Gasteiger partial charge in [-0.25, -0.2) is 0 Å². The van der Waals surface area contributed by atoms with Crippen LogP contribution in [-0.2, 0) is 10.1 Å². The van der Waals surface area contributed by atoms with Gasteiger partial charge in [-0.05, 0) is 25.8 Å². The second-order valence-corrected chi connectivity index (χ2v) is 6.42. The summed E-state index contributed by atoms with van der Waals surface area (Å²) in [6.45, 7) is 1.53. The van der Waals surface area contributed by atoms with Crippen LogP contribution in [0.1, 0.15) is 50.6 Å². The zero-order chi connectivity index (χ0) is 13.0. The molecule has 0 N–H and O–H groups in total. The van der Waals surface area contributed by atoms with Crippen LogP contribution >= 0.6 is 0 Å². The van der Waals surface area contributed by atoms with Crippen LogP contribution in [0.25, 0.3) is 0 Å². The van der Waals surface area contributed by atoms with E-state index in [9.17, 15) is 8.42 Å². The van der Waals surface area contributed by atoms with Gasteiger partial charge in [0.2, 0.25) is 0 Å². The van der Waals surface area contributed by atoms with Crippen LogP contribution in [-0.4, -0.2) is 24.4 Å². The summed E-state index contributed by atoms with van der Waals surface area (Å²) in [5, 5.41) is 7.92. The fourth-order valence-electron chi connectivity index (χ4n) is 2.18. The van der Waals surface area contributed by atoms with Crippen molar-refractivity contribution in [1.82, 2.24) is 10.2 Å². The predicted octanol–water partition coefficient (Wildman–Crippen LogP) is 2.25. The smallest absolute Gasteiger partial charge is 0.310 e. The monoisotopic (exact) mass is 270 g/mol. The van der Waals surface area contributed by atoms with Crippen LogP contribution in [0, 0.1) is 0 Å². The Balaban J connectivity index is 2.05. The largest absolute Gasteiger partial charge is 0.360 e. The minimum absolute atomic E-state index is 0.0522. The molecule has 1 fully saturated rings. The zero-order valence-electron chi connectivity index (χ0n) is 10.5. The first-order valence-electron chi connectivity index (χ1n) is 6.36. The van der Waals surface area contributed by atoms with Crippen molar-refractivity contribution in [2.24, 2.45) is 0 Å². The van der Waals surface area contributed by atoms with Gasteiger partial charge in [0.05, 0.1) is 11.4 Å². The molecule has 0 amide bonds. The number of aromatic nitrogens is 2. The molecule has 18 heavy (non-hydrogen) atoms. The second-order valence-electron chi connectivity index (χ2n) is 4.56. The minimum Gasteiger partial charge on any atom is -0.360 e. The molecule has 1 heterocycles. The lowest BCUT2D eigenvalue weighted by molar-refractivity contribution is 0.429. The molecule has 1 aliphatic carbocycles. The normalized spacial score (nSPS) is 17.6. The van der Waals surface area contributed by atoms with Crippen LogP contribution in [0.2, 0.25) is 0 Å². The first-order valence-corrected chi connectivity index (χ1v) is 7.94. The molecule has 0 saturated heterocycles. The Morgan fingerprint density at radius 1 is 1.22 bits per heavy atom. The van der Waals surface area contributed by atoms with Crippen molar-refractivity contribution in [2.45, 2.75) is 44.9 Å². The molecule has 0 unspecified atom stereocenters. The van der Waals surface area contributed by atoms with Crippen molar-refractivity contribution in [1.29, 1.82) is 0 Å². The molecule has 0 spiro atoms. The van der Waals surface area contributed by atoms with Gasteiger partial charge in [-0.15, -0.1) is 5.10 Å². The van der Waals surface area contributed by atoms with Crippen LogP contribution in [0.15, 0.2) is 12.1 Å². The van der Waals surface area contributed by atoms with Gasteiger partial charge in [-0.2, -0.15) is 13.5 Å². The van der Waals surface area contributed by atoms with Gasteiger partial charge in [0.15, 0.2) is 0 Å². The quantitative estimate of drug-likeness (QED) is 0.785. The number of rotatable bonds is 4. The molecular formula is C12H18N2O3S. The maximum Gasteiger partial charge on any atom is 0.310 e. The zero-order valence-corrected chi connectivity index (χ0v) is 11.3. The van der Waals surface area contributed by atoms with Crippen LogP contribution in [0.4, 0.5) is 0 Å². The Bertz CT molecular complexity index is 479. The molecule has 0 aromatic carbocycles. The molecule has 0 bridgehead atoms. The summed E-state index contributed by atoms with van der Waals surface area (Å²) in [6, 6.07) is 3.41. The summed E-state index contributed by atoms with van der Waals surface area (Å²) in [7, 11) is -3.51. The lowest BCUT2D eigenvalue weighted by Gasteiger charge is -2.20. The van der Waals surface area contributed by atoms with Crippen molar-refractivity contribution < 1.29 is 12.6 Å². The Hall–Kier alpha value is -1.17. The third-order valence-corrected chi connectivity index (χ3v) is 4.38. The second kappa shape index (κ2) is 5.65. The number of hydrogen-bond donors (Lipinski definition) is 0. The highest BCUT2D eigenvalue weighted by Crippen LogP contribution is 2.31. The highest BCUT2D eigenvalue weighted by atomic mass is 32.2. The first-order chi connectivity index (χ1) is 8.61. The summed E-state index contributed by atoms with van der Waals surface area (Å²) in [5.41, 5.74) is 0.941. The third-order valence-electron chi connectivity index (χ3n) is 3.25. The Kier molecular flexibility index (Phi) is 4.16. The van der Waals surface area contributed by atoms with Gasteiger partial charge < -0.3 is 4.18 Å². The molecule has 1 aromatic rings. The highest BCUT2D eigenvalue weighted by molar-refractivity contribution is 7.87. The molecule has 0 aliphatic heterocycles. The van der Waals surface area contributed by atoms with E-state index in [4.69, 9.17) is 4.18 Å². The van der Waals surface area contributed by atoms with E-state index in [2.05, 4.69) is 10.2 Å². The van der Waals surface area contributed by atoms with Gasteiger partial charge >= 0.3 is 10.1 Å². The molecule has 0 atom stereocenters. The molecule has 2 rings (SSSR count). The topological polar surface area (TPSA) is 69.2 Å². The number of nitrogens with zero attached hydrogens (tertiary/aromatic N) is 2. The molecule has 0 radical (unpaired) electrons. The van der Waals surface area contributed by atoms with Crippen LogP contribution in [0.3, 0.4) is 0 Å². The van der Waals surface area contributed by atoms with Gasteiger partial charge in [0.25, 0.3) is 5.88 Å². The summed E-state index contributed by atoms with van der Waals surface area (Å²) in [4.78, 5) is 0. The summed E-state index contributed by atoms with van der Waals surface area (Å²) in [6.07, 6.45) is 6.04. The lowest BCUT2D eigenvalue weighted by Crippen LogP contribution is -2.13. The maximum absolute atomic E-state index is 11.3. The molecule has 1 saturated carbocycles. The number of hydrogen-bond acceptors (Lipinski definition) is 5. The predicted molar refractivity (Wildman–Crippen MR) is 67.9 cm³/mol. The Morgan fingerprint density at radius 3 is 2.50 bits per heavy atom. The van der Waals surface area contributed by atoms with Crippen LogP contribution in [0.5, 0.6) is 5.88 Å². The van der Waals surface area contributed by atoms with Crippen molar-refractivity contribution in [3.63, 3.8) is 0 Å². The van der Waals surface area contributed by atoms with Gasteiger partial charge in [-0.1, -0.05) is 19.3 Å². The minimum atomic E-state index is -3.51. The van der Waals surface area contributed by atoms with Crippen molar-refractivity contribution in [3.05, 3.63) is 17.8 Å². The van der Waals surface area contributed by atoms with E-state index in [-0.39, 0.29) is 11.6 Å². The van der Waals surface area contributed by atoms with Crippen molar-refractivity contribution >= 4 is 10.1 Å². The van der Waals surface area contributed by atoms with E-state index in [1.54, 1.807) is 6.07 Å². The summed E-state index contributed by atoms with van der Waals surface area (Å²) >= 11 is 0. The van der Waals surface area contributed by atoms with E-state index >= 15 is 0 Å². The van der Waals surface area contributed by atoms with Crippen molar-refractivity contribution in [3.8, 4) is 5.88 Å². The molecular weight excluding hydrogens is 252 g/mol. The molecule has 100 valence electrons. The average Bonchev–Trinajstić information content (AvgIpc) is 2.40. The van der Waals surface area contributed by atoms with Gasteiger partial charge in [0, 0.05) is 12.0 Å². The average molecular weight is 270 g/mol. The Morgan fingerprint density at radius 2 is 1.94 bits per heavy atom. The summed E-state index contributed by atoms with van der Waals surface area (Å²) in [5.74, 6) is 0.443. The van der Waals surface area contributed by atoms with Gasteiger partial charge in [-0.3, -0.25) is 0 Å². The van der Waals surface area contributed by atoms with E-state index in [0.717, 1.165) is 18.5 Å². The molecule has 1 aliphatic rings. The van der Waals surface area contributed by atoms with E-state index in [0.29, 0.717) is 5.92 Å². The highest BCUT2D eigenvalue weighted by Gasteiger charge is 2.18. The first kappa shape index (κ1) is 13.3. The van der Waals surface area contributed by atoms with E-state index in [1.807, 2.05) is 6.07 Å². The third kappa shape index (κ3) is 3.41. The Labute approximate surface area is 108 Å². The standard InChI is InChI=1S/C12H18N2O3S/c1-2-18(15,16)17-12-9-8-11(13-14-12)10-6-4-3-5-7-10/h8-10H,2-7H2,1H3. The van der Waals surface area contributed by atoms with Crippen molar-refractivity contribution in [2.75, 3.05) is 5.75 Å². The van der Waals surface area contributed by atoms with E-state index in [1.165, 1.54) is 26.2 Å². The van der Waals surface area contributed by atoms with Gasteiger partial charge in [0.1, 0.15) is 0 Å². The fraction of sp³-hybridized carbons (Fsp3) is 0.667. The molecule has 5 nitrogen and oxygen atoms in total. The summed E-state index contributed by atoms with van der Waals surface area (Å²) < 4.78 is 27.3. The molecule has 1 aromatic heterocycles. The fourth-order valence-corrected chi connectivity index (χ4v) is 2.65. The van der Waals surface area contributed by atoms with E-state index < -0.39 is 10.1 Å². The SMILES string of the molecule is CCS(=O)(=O)Oc1ccc(C2CCCCC2)nn1. The molecule has 6 heteroatoms.